The van der Waals surface area contributed by atoms with Crippen LogP contribution in [0.1, 0.15) is 24.8 Å². The van der Waals surface area contributed by atoms with Gasteiger partial charge in [0.25, 0.3) is 0 Å². The van der Waals surface area contributed by atoms with E-state index in [-0.39, 0.29) is 5.91 Å². The fraction of sp³-hybridized carbons (Fsp3) is 0.500. The summed E-state index contributed by atoms with van der Waals surface area (Å²) in [6.07, 6.45) is 3.22. The predicted molar refractivity (Wildman–Crippen MR) is 73.3 cm³/mol. The monoisotopic (exact) mass is 250 g/mol. The molecule has 0 aliphatic rings. The number of ether oxygens (including phenoxy) is 1. The Morgan fingerprint density at radius 2 is 2.00 bits per heavy atom. The highest BCUT2D eigenvalue weighted by Crippen LogP contribution is 2.05. The summed E-state index contributed by atoms with van der Waals surface area (Å²) in [5.74, 6) is 0.113. The average Bonchev–Trinajstić information content (AvgIpc) is 2.37. The lowest BCUT2D eigenvalue weighted by atomic mass is 10.1. The van der Waals surface area contributed by atoms with Crippen LogP contribution >= 0.6 is 0 Å². The molecule has 0 atom stereocenters. The Balaban J connectivity index is 2.10. The van der Waals surface area contributed by atoms with Crippen molar-refractivity contribution in [2.45, 2.75) is 25.7 Å². The first-order valence-corrected chi connectivity index (χ1v) is 6.32. The first-order valence-electron chi connectivity index (χ1n) is 6.32. The molecular formula is C14H22N2O2. The van der Waals surface area contributed by atoms with E-state index in [0.29, 0.717) is 13.0 Å². The molecule has 1 aromatic rings. The third kappa shape index (κ3) is 6.25. The van der Waals surface area contributed by atoms with Crippen molar-refractivity contribution in [1.82, 2.24) is 5.32 Å². The van der Waals surface area contributed by atoms with Crippen LogP contribution in [0.5, 0.6) is 0 Å². The van der Waals surface area contributed by atoms with Gasteiger partial charge in [-0.1, -0.05) is 12.1 Å². The number of carbonyl (C=O) groups is 1. The lowest BCUT2D eigenvalue weighted by molar-refractivity contribution is -0.121. The normalized spacial score (nSPS) is 10.3. The zero-order valence-electron chi connectivity index (χ0n) is 10.9. The van der Waals surface area contributed by atoms with Crippen LogP contribution in [-0.2, 0) is 16.0 Å². The maximum atomic E-state index is 11.5. The van der Waals surface area contributed by atoms with Crippen LogP contribution in [0, 0.1) is 0 Å². The summed E-state index contributed by atoms with van der Waals surface area (Å²) in [6, 6.07) is 7.73. The molecule has 0 bridgehead atoms. The van der Waals surface area contributed by atoms with Crippen LogP contribution in [-0.4, -0.2) is 26.2 Å². The van der Waals surface area contributed by atoms with Gasteiger partial charge in [0.2, 0.25) is 5.91 Å². The molecule has 1 amide bonds. The molecule has 1 aromatic carbocycles. The van der Waals surface area contributed by atoms with E-state index >= 15 is 0 Å². The van der Waals surface area contributed by atoms with Crippen LogP contribution in [0.4, 0.5) is 5.69 Å². The molecule has 0 saturated carbocycles. The summed E-state index contributed by atoms with van der Waals surface area (Å²) < 4.78 is 4.93. The number of nitrogens with two attached hydrogens (primary N) is 1. The third-order valence-corrected chi connectivity index (χ3v) is 2.72. The lowest BCUT2D eigenvalue weighted by Gasteiger charge is -2.05. The molecule has 0 saturated heterocycles. The molecular weight excluding hydrogens is 228 g/mol. The fourth-order valence-corrected chi connectivity index (χ4v) is 1.65. The van der Waals surface area contributed by atoms with E-state index in [1.54, 1.807) is 7.11 Å². The summed E-state index contributed by atoms with van der Waals surface area (Å²) in [4.78, 5) is 11.5. The van der Waals surface area contributed by atoms with Gasteiger partial charge in [-0.25, -0.2) is 0 Å². The number of rotatable bonds is 8. The minimum absolute atomic E-state index is 0.113. The van der Waals surface area contributed by atoms with Crippen molar-refractivity contribution in [2.75, 3.05) is 26.0 Å². The van der Waals surface area contributed by atoms with Gasteiger partial charge in [0.1, 0.15) is 0 Å². The number of amides is 1. The Labute approximate surface area is 109 Å². The molecule has 4 heteroatoms. The average molecular weight is 250 g/mol. The summed E-state index contributed by atoms with van der Waals surface area (Å²) in [6.45, 7) is 1.39. The maximum absolute atomic E-state index is 11.5. The first kappa shape index (κ1) is 14.5. The highest BCUT2D eigenvalue weighted by Gasteiger charge is 2.00. The summed E-state index contributed by atoms with van der Waals surface area (Å²) in [7, 11) is 1.67. The minimum Gasteiger partial charge on any atom is -0.399 e. The van der Waals surface area contributed by atoms with Gasteiger partial charge >= 0.3 is 0 Å². The van der Waals surface area contributed by atoms with Gasteiger partial charge < -0.3 is 15.8 Å². The maximum Gasteiger partial charge on any atom is 0.220 e. The van der Waals surface area contributed by atoms with Crippen LogP contribution in [0.2, 0.25) is 0 Å². The molecule has 0 aromatic heterocycles. The second-order valence-electron chi connectivity index (χ2n) is 4.29. The number of nitrogens with one attached hydrogen (secondary N) is 1. The molecule has 18 heavy (non-hydrogen) atoms. The number of benzene rings is 1. The van der Waals surface area contributed by atoms with E-state index < -0.39 is 0 Å². The number of hydrogen-bond donors (Lipinski definition) is 2. The Hall–Kier alpha value is -1.55. The van der Waals surface area contributed by atoms with Crippen molar-refractivity contribution in [1.29, 1.82) is 0 Å². The summed E-state index contributed by atoms with van der Waals surface area (Å²) in [5, 5.41) is 2.91. The zero-order valence-corrected chi connectivity index (χ0v) is 10.9. The highest BCUT2D eigenvalue weighted by atomic mass is 16.5. The standard InChI is InChI=1S/C14H22N2O2/c1-18-11-3-2-4-14(17)16-10-9-12-5-7-13(15)8-6-12/h5-8H,2-4,9-11,15H2,1H3,(H,16,17). The van der Waals surface area contributed by atoms with Crippen molar-refractivity contribution in [2.24, 2.45) is 0 Å². The summed E-state index contributed by atoms with van der Waals surface area (Å²) >= 11 is 0. The molecule has 100 valence electrons. The van der Waals surface area contributed by atoms with Gasteiger partial charge in [0, 0.05) is 32.4 Å². The summed E-state index contributed by atoms with van der Waals surface area (Å²) in [5.41, 5.74) is 7.55. The number of hydrogen-bond acceptors (Lipinski definition) is 3. The molecule has 0 aliphatic carbocycles. The quantitative estimate of drug-likeness (QED) is 0.545. The van der Waals surface area contributed by atoms with E-state index in [4.69, 9.17) is 10.5 Å². The van der Waals surface area contributed by atoms with Crippen LogP contribution in [0.15, 0.2) is 24.3 Å². The smallest absolute Gasteiger partial charge is 0.220 e. The Kier molecular flexibility index (Phi) is 6.87. The number of nitrogen functional groups attached to an aromatic ring is 1. The Morgan fingerprint density at radius 3 is 2.67 bits per heavy atom. The molecule has 0 spiro atoms. The first-order chi connectivity index (χ1) is 8.72. The number of methoxy groups -OCH3 is 1. The molecule has 3 N–H and O–H groups in total. The van der Waals surface area contributed by atoms with Crippen molar-refractivity contribution >= 4 is 11.6 Å². The largest absolute Gasteiger partial charge is 0.399 e. The Bertz CT molecular complexity index is 349. The van der Waals surface area contributed by atoms with Gasteiger partial charge in [-0.05, 0) is 37.0 Å². The van der Waals surface area contributed by atoms with Crippen molar-refractivity contribution in [3.63, 3.8) is 0 Å². The second kappa shape index (κ2) is 8.53. The van der Waals surface area contributed by atoms with E-state index in [1.165, 1.54) is 5.56 Å². The SMILES string of the molecule is COCCCCC(=O)NCCc1ccc(N)cc1. The Morgan fingerprint density at radius 1 is 1.28 bits per heavy atom. The number of anilines is 1. The van der Waals surface area contributed by atoms with Gasteiger partial charge in [0.05, 0.1) is 0 Å². The topological polar surface area (TPSA) is 64.3 Å². The van der Waals surface area contributed by atoms with Crippen LogP contribution < -0.4 is 11.1 Å². The highest BCUT2D eigenvalue weighted by molar-refractivity contribution is 5.75. The van der Waals surface area contributed by atoms with E-state index in [2.05, 4.69) is 5.32 Å². The van der Waals surface area contributed by atoms with Gasteiger partial charge in [-0.3, -0.25) is 4.79 Å². The third-order valence-electron chi connectivity index (χ3n) is 2.72. The predicted octanol–water partition coefficient (Wildman–Crippen LogP) is 1.74. The minimum atomic E-state index is 0.113. The van der Waals surface area contributed by atoms with Crippen molar-refractivity contribution in [3.05, 3.63) is 29.8 Å². The zero-order chi connectivity index (χ0) is 13.2. The molecule has 0 aliphatic heterocycles. The van der Waals surface area contributed by atoms with E-state index in [9.17, 15) is 4.79 Å². The molecule has 1 rings (SSSR count). The fourth-order valence-electron chi connectivity index (χ4n) is 1.65. The van der Waals surface area contributed by atoms with Gasteiger partial charge in [-0.2, -0.15) is 0 Å². The van der Waals surface area contributed by atoms with E-state index in [1.807, 2.05) is 24.3 Å². The lowest BCUT2D eigenvalue weighted by Crippen LogP contribution is -2.25. The van der Waals surface area contributed by atoms with Crippen molar-refractivity contribution in [3.8, 4) is 0 Å². The number of unbranched alkanes of at least 4 members (excludes halogenated alkanes) is 1. The van der Waals surface area contributed by atoms with Gasteiger partial charge in [0.15, 0.2) is 0 Å². The van der Waals surface area contributed by atoms with E-state index in [0.717, 1.165) is 31.6 Å². The molecule has 0 radical (unpaired) electrons. The van der Waals surface area contributed by atoms with Gasteiger partial charge in [-0.15, -0.1) is 0 Å². The molecule has 0 unspecified atom stereocenters. The van der Waals surface area contributed by atoms with Crippen molar-refractivity contribution < 1.29 is 9.53 Å². The second-order valence-corrected chi connectivity index (χ2v) is 4.29. The molecule has 0 fully saturated rings. The number of carbonyl (C=O) groups excluding carboxylic acids is 1. The van der Waals surface area contributed by atoms with Crippen LogP contribution in [0.3, 0.4) is 0 Å². The molecule has 0 heterocycles. The molecule has 4 nitrogen and oxygen atoms in total. The van der Waals surface area contributed by atoms with Crippen LogP contribution in [0.25, 0.3) is 0 Å².